The normalized spacial score (nSPS) is 26.3. The van der Waals surface area contributed by atoms with Crippen LogP contribution in [0.2, 0.25) is 0 Å². The van der Waals surface area contributed by atoms with E-state index in [0.717, 1.165) is 58.0 Å². The van der Waals surface area contributed by atoms with Crippen molar-refractivity contribution in [1.82, 2.24) is 14.7 Å². The van der Waals surface area contributed by atoms with E-state index in [0.29, 0.717) is 12.1 Å². The second-order valence-corrected chi connectivity index (χ2v) is 8.51. The predicted octanol–water partition coefficient (Wildman–Crippen LogP) is 2.56. The van der Waals surface area contributed by atoms with E-state index in [1.165, 1.54) is 12.1 Å². The average Bonchev–Trinajstić information content (AvgIpc) is 2.60. The molecule has 3 heterocycles. The fourth-order valence-corrected chi connectivity index (χ4v) is 4.86. The molecule has 28 heavy (non-hydrogen) atoms. The lowest BCUT2D eigenvalue weighted by Gasteiger charge is -2.64. The van der Waals surface area contributed by atoms with Gasteiger partial charge >= 0.3 is 6.36 Å². The van der Waals surface area contributed by atoms with Crippen molar-refractivity contribution in [2.75, 3.05) is 45.9 Å². The lowest BCUT2D eigenvalue weighted by Crippen LogP contribution is -2.80. The van der Waals surface area contributed by atoms with Crippen molar-refractivity contribution in [1.29, 1.82) is 0 Å². The Morgan fingerprint density at radius 3 is 2.54 bits per heavy atom. The second-order valence-electron chi connectivity index (χ2n) is 8.51. The van der Waals surface area contributed by atoms with Gasteiger partial charge in [-0.2, -0.15) is 0 Å². The van der Waals surface area contributed by atoms with E-state index in [1.54, 1.807) is 12.1 Å². The highest BCUT2D eigenvalue weighted by molar-refractivity contribution is 5.28. The zero-order valence-corrected chi connectivity index (χ0v) is 16.4. The van der Waals surface area contributed by atoms with Crippen molar-refractivity contribution < 1.29 is 22.6 Å². The Morgan fingerprint density at radius 1 is 1.18 bits per heavy atom. The fraction of sp³-hybridized carbons (Fsp3) is 0.700. The van der Waals surface area contributed by atoms with E-state index in [1.807, 2.05) is 0 Å². The number of likely N-dealkylation sites (tertiary alicyclic amines) is 1. The van der Waals surface area contributed by atoms with E-state index < -0.39 is 6.36 Å². The number of ether oxygens (including phenoxy) is 2. The Hall–Kier alpha value is -1.35. The smallest absolute Gasteiger partial charge is 0.406 e. The molecular weight excluding hydrogens is 371 g/mol. The average molecular weight is 399 g/mol. The molecule has 3 saturated heterocycles. The molecule has 156 valence electrons. The van der Waals surface area contributed by atoms with Crippen molar-refractivity contribution in [3.8, 4) is 5.75 Å². The Balaban J connectivity index is 1.38. The van der Waals surface area contributed by atoms with Crippen molar-refractivity contribution in [3.05, 3.63) is 29.8 Å². The number of rotatable bonds is 4. The summed E-state index contributed by atoms with van der Waals surface area (Å²) in [6.45, 7) is 11.9. The topological polar surface area (TPSA) is 28.2 Å². The minimum absolute atomic E-state index is 0.163. The van der Waals surface area contributed by atoms with Gasteiger partial charge < -0.3 is 9.47 Å². The first-order chi connectivity index (χ1) is 13.2. The van der Waals surface area contributed by atoms with Crippen LogP contribution >= 0.6 is 0 Å². The number of hydrogen-bond donors (Lipinski definition) is 0. The largest absolute Gasteiger partial charge is 0.573 e. The molecule has 0 bridgehead atoms. The molecular formula is C20H28F3N3O2. The van der Waals surface area contributed by atoms with Gasteiger partial charge in [-0.25, -0.2) is 0 Å². The third-order valence-electron chi connectivity index (χ3n) is 6.11. The molecule has 1 aromatic rings. The van der Waals surface area contributed by atoms with Crippen LogP contribution in [-0.2, 0) is 11.3 Å². The van der Waals surface area contributed by atoms with Gasteiger partial charge in [0.15, 0.2) is 0 Å². The summed E-state index contributed by atoms with van der Waals surface area (Å²) in [5.74, 6) is -0.174. The van der Waals surface area contributed by atoms with Crippen molar-refractivity contribution in [2.45, 2.75) is 44.4 Å². The van der Waals surface area contributed by atoms with Crippen LogP contribution in [0.5, 0.6) is 5.75 Å². The first-order valence-corrected chi connectivity index (χ1v) is 9.90. The lowest BCUT2D eigenvalue weighted by molar-refractivity contribution is -0.274. The number of halogens is 3. The zero-order chi connectivity index (χ0) is 19.9. The van der Waals surface area contributed by atoms with Gasteiger partial charge in [-0.3, -0.25) is 14.7 Å². The first kappa shape index (κ1) is 19.9. The Labute approximate surface area is 164 Å². The van der Waals surface area contributed by atoms with E-state index in [2.05, 4.69) is 33.3 Å². The van der Waals surface area contributed by atoms with Gasteiger partial charge in [-0.15, -0.1) is 13.2 Å². The molecule has 3 fully saturated rings. The van der Waals surface area contributed by atoms with Crippen LogP contribution in [0.4, 0.5) is 13.2 Å². The first-order valence-electron chi connectivity index (χ1n) is 9.90. The molecule has 1 spiro atoms. The van der Waals surface area contributed by atoms with Gasteiger partial charge in [0.25, 0.3) is 0 Å². The zero-order valence-electron chi connectivity index (χ0n) is 16.4. The lowest BCUT2D eigenvalue weighted by atomic mass is 9.82. The molecule has 0 aromatic heterocycles. The van der Waals surface area contributed by atoms with Crippen LogP contribution in [0.25, 0.3) is 0 Å². The molecule has 0 N–H and O–H groups in total. The molecule has 0 amide bonds. The summed E-state index contributed by atoms with van der Waals surface area (Å²) in [5.41, 5.74) is 1.16. The molecule has 3 aliphatic heterocycles. The number of morpholine rings is 1. The van der Waals surface area contributed by atoms with Crippen LogP contribution in [0.1, 0.15) is 19.4 Å². The van der Waals surface area contributed by atoms with Crippen molar-refractivity contribution in [3.63, 3.8) is 0 Å². The Bertz CT molecular complexity index is 674. The second kappa shape index (κ2) is 7.48. The summed E-state index contributed by atoms with van der Waals surface area (Å²) in [5, 5.41) is 0. The monoisotopic (exact) mass is 399 g/mol. The summed E-state index contributed by atoms with van der Waals surface area (Å²) < 4.78 is 46.6. The number of benzene rings is 1. The summed E-state index contributed by atoms with van der Waals surface area (Å²) in [6, 6.07) is 7.16. The van der Waals surface area contributed by atoms with Crippen LogP contribution in [0, 0.1) is 0 Å². The molecule has 1 unspecified atom stereocenters. The number of piperazine rings is 1. The predicted molar refractivity (Wildman–Crippen MR) is 99.2 cm³/mol. The third kappa shape index (κ3) is 4.15. The SMILES string of the molecule is CC(C)N1CC2COCCN2C2(CN(Cc3ccc(OC(F)(F)F)cc3)C2)C1. The molecule has 8 heteroatoms. The maximum absolute atomic E-state index is 12.3. The molecule has 4 rings (SSSR count). The van der Waals surface area contributed by atoms with Crippen molar-refractivity contribution in [2.24, 2.45) is 0 Å². The maximum Gasteiger partial charge on any atom is 0.573 e. The van der Waals surface area contributed by atoms with Gasteiger partial charge in [0, 0.05) is 51.4 Å². The number of hydrogen-bond acceptors (Lipinski definition) is 5. The summed E-state index contributed by atoms with van der Waals surface area (Å²) in [6.07, 6.45) is -4.65. The molecule has 1 aromatic carbocycles. The molecule has 0 aliphatic carbocycles. The summed E-state index contributed by atoms with van der Waals surface area (Å²) in [4.78, 5) is 7.57. The van der Waals surface area contributed by atoms with Crippen LogP contribution in [0.15, 0.2) is 24.3 Å². The summed E-state index contributed by atoms with van der Waals surface area (Å²) >= 11 is 0. The third-order valence-corrected chi connectivity index (χ3v) is 6.11. The molecule has 0 saturated carbocycles. The van der Waals surface area contributed by atoms with E-state index in [4.69, 9.17) is 4.74 Å². The standard InChI is InChI=1S/C20H28F3N3O2/c1-15(2)25-10-17-11-27-8-7-26(17)19(14-25)12-24(13-19)9-16-3-5-18(6-4-16)28-20(21,22)23/h3-6,15,17H,7-14H2,1-2H3. The number of fused-ring (bicyclic) bond motifs is 2. The Morgan fingerprint density at radius 2 is 1.89 bits per heavy atom. The highest BCUT2D eigenvalue weighted by Crippen LogP contribution is 2.37. The van der Waals surface area contributed by atoms with Crippen LogP contribution in [-0.4, -0.2) is 84.6 Å². The maximum atomic E-state index is 12.3. The Kier molecular flexibility index (Phi) is 5.33. The van der Waals surface area contributed by atoms with E-state index in [-0.39, 0.29) is 11.3 Å². The van der Waals surface area contributed by atoms with Crippen LogP contribution < -0.4 is 4.74 Å². The number of nitrogens with zero attached hydrogens (tertiary/aromatic N) is 3. The van der Waals surface area contributed by atoms with Crippen LogP contribution in [0.3, 0.4) is 0 Å². The van der Waals surface area contributed by atoms with Gasteiger partial charge in [-0.05, 0) is 31.5 Å². The van der Waals surface area contributed by atoms with E-state index >= 15 is 0 Å². The number of alkyl halides is 3. The fourth-order valence-electron chi connectivity index (χ4n) is 4.86. The quantitative estimate of drug-likeness (QED) is 0.776. The molecule has 1 atom stereocenters. The van der Waals surface area contributed by atoms with Gasteiger partial charge in [0.2, 0.25) is 0 Å². The molecule has 0 radical (unpaired) electrons. The van der Waals surface area contributed by atoms with Gasteiger partial charge in [-0.1, -0.05) is 12.1 Å². The minimum atomic E-state index is -4.65. The van der Waals surface area contributed by atoms with Gasteiger partial charge in [0.05, 0.1) is 18.8 Å². The molecule has 3 aliphatic rings. The minimum Gasteiger partial charge on any atom is -0.406 e. The van der Waals surface area contributed by atoms with Gasteiger partial charge in [0.1, 0.15) is 5.75 Å². The highest BCUT2D eigenvalue weighted by Gasteiger charge is 2.54. The highest BCUT2D eigenvalue weighted by atomic mass is 19.4. The van der Waals surface area contributed by atoms with Crippen molar-refractivity contribution >= 4 is 0 Å². The molecule has 5 nitrogen and oxygen atoms in total. The van der Waals surface area contributed by atoms with E-state index in [9.17, 15) is 13.2 Å². The summed E-state index contributed by atoms with van der Waals surface area (Å²) in [7, 11) is 0.